The van der Waals surface area contributed by atoms with Crippen molar-refractivity contribution in [2.75, 3.05) is 22.7 Å². The summed E-state index contributed by atoms with van der Waals surface area (Å²) in [5.74, 6) is -4.45. The number of carbonyl (C=O) groups excluding carboxylic acids is 4. The molecule has 4 amide bonds. The molecule has 366 valence electrons. The van der Waals surface area contributed by atoms with Crippen LogP contribution in [0.3, 0.4) is 0 Å². The van der Waals surface area contributed by atoms with Crippen LogP contribution in [0.2, 0.25) is 5.02 Å². The summed E-state index contributed by atoms with van der Waals surface area (Å²) in [6.07, 6.45) is -1.68. The molecule has 1 saturated heterocycles. The van der Waals surface area contributed by atoms with Crippen molar-refractivity contribution >= 4 is 114 Å². The second-order valence-electron chi connectivity index (χ2n) is 15.9. The molecule has 8 N–H and O–H groups in total. The minimum atomic E-state index is -1.77. The van der Waals surface area contributed by atoms with E-state index in [1.807, 2.05) is 60.7 Å². The number of aromatic nitrogens is 5. The molecular formula is C43H36BrClN12O11S3. The van der Waals surface area contributed by atoms with E-state index in [4.69, 9.17) is 41.6 Å². The molecule has 9 rings (SSSR count). The first kappa shape index (κ1) is 48.8. The fraction of sp³-hybridized carbons (Fsp3) is 0.209. The molecule has 23 nitrogen and oxygen atoms in total. The van der Waals surface area contributed by atoms with Gasteiger partial charge in [0.05, 0.1) is 10.2 Å². The normalized spacial score (nSPS) is 17.0. The topological polar surface area (TPSA) is 308 Å². The van der Waals surface area contributed by atoms with Crippen LogP contribution in [-0.4, -0.2) is 104 Å². The van der Waals surface area contributed by atoms with Gasteiger partial charge in [-0.2, -0.15) is 9.50 Å². The fourth-order valence-electron chi connectivity index (χ4n) is 7.25. The maximum absolute atomic E-state index is 14.0. The molecule has 1 fully saturated rings. The molecule has 3 aliphatic heterocycles. The number of nitrogens with zero attached hydrogens (tertiary/aromatic N) is 7. The summed E-state index contributed by atoms with van der Waals surface area (Å²) in [4.78, 5) is 84.7. The summed E-state index contributed by atoms with van der Waals surface area (Å²) in [5, 5.41) is 30.8. The van der Waals surface area contributed by atoms with E-state index in [0.29, 0.717) is 37.6 Å². The zero-order valence-corrected chi connectivity index (χ0v) is 41.6. The number of carbonyl (C=O) groups is 5. The van der Waals surface area contributed by atoms with Gasteiger partial charge in [-0.1, -0.05) is 77.4 Å². The number of nitrogens with one attached hydrogen (secondary N) is 4. The number of carboxylic acid groups (broad SMARTS) is 1. The standard InChI is InChI=1S/C43H36BrClN12O11S3/c1-19-14-26(57-40(47-19)50-32(53-57)34(59)54-64)69-16-20-17-70-37-29(35(60)56(37)36(20)65-41(62)63)49-33(58)28(25-18-71-39(46)48-25)55-68-42(2,3)38(61)52-51-24-15-23(44)30-31(27(24)45)67-43(66-30,21-10-6-4-7-11-21)22-12-8-5-9-13-22/h4-15,18,29,37,51,64H,16-17H2,1-3H3,(H2,46,48)(H,49,58)(H,52,61)(H,54,59)(H,62,63)/b55-28-/t29-,37-/m1/s1. The molecule has 0 aliphatic carbocycles. The minimum Gasteiger partial charge on any atom is -0.449 e. The molecule has 0 radical (unpaired) electrons. The lowest BCUT2D eigenvalue weighted by Gasteiger charge is -2.49. The van der Waals surface area contributed by atoms with Crippen molar-refractivity contribution in [2.24, 2.45) is 5.16 Å². The van der Waals surface area contributed by atoms with Crippen LogP contribution in [0.15, 0.2) is 104 Å². The van der Waals surface area contributed by atoms with Gasteiger partial charge in [0.2, 0.25) is 17.3 Å². The molecule has 0 saturated carbocycles. The van der Waals surface area contributed by atoms with Gasteiger partial charge in [-0.05, 0) is 48.8 Å². The van der Waals surface area contributed by atoms with Crippen LogP contribution in [0.1, 0.15) is 47.0 Å². The van der Waals surface area contributed by atoms with Crippen molar-refractivity contribution in [1.29, 1.82) is 0 Å². The second-order valence-corrected chi connectivity index (χ2v) is 20.1. The number of oxime groups is 1. The first-order valence-corrected chi connectivity index (χ1v) is 24.8. The Balaban J connectivity index is 0.886. The summed E-state index contributed by atoms with van der Waals surface area (Å²) < 4.78 is 20.0. The maximum atomic E-state index is 14.0. The Bertz CT molecular complexity index is 3180. The lowest BCUT2D eigenvalue weighted by molar-refractivity contribution is -0.148. The predicted octanol–water partition coefficient (Wildman–Crippen LogP) is 5.42. The molecule has 0 spiro atoms. The summed E-state index contributed by atoms with van der Waals surface area (Å²) in [7, 11) is 0. The van der Waals surface area contributed by atoms with Crippen LogP contribution < -0.4 is 36.9 Å². The molecule has 3 aromatic carbocycles. The van der Waals surface area contributed by atoms with E-state index >= 15 is 0 Å². The molecule has 3 aliphatic rings. The van der Waals surface area contributed by atoms with Crippen molar-refractivity contribution in [3.05, 3.63) is 127 Å². The Kier molecular flexibility index (Phi) is 13.5. The minimum absolute atomic E-state index is 0.0237. The van der Waals surface area contributed by atoms with Gasteiger partial charge in [-0.15, -0.1) is 40.0 Å². The van der Waals surface area contributed by atoms with Crippen molar-refractivity contribution in [3.8, 4) is 11.5 Å². The zero-order chi connectivity index (χ0) is 50.4. The van der Waals surface area contributed by atoms with E-state index in [1.165, 1.54) is 52.7 Å². The van der Waals surface area contributed by atoms with Gasteiger partial charge in [0.1, 0.15) is 27.2 Å². The van der Waals surface area contributed by atoms with Gasteiger partial charge >= 0.3 is 17.8 Å². The Morgan fingerprint density at radius 1 is 1.06 bits per heavy atom. The molecule has 28 heteroatoms. The van der Waals surface area contributed by atoms with Crippen LogP contribution in [-0.2, 0) is 29.7 Å². The number of thioether (sulfide) groups is 2. The number of fused-ring (bicyclic) bond motifs is 3. The molecule has 0 unspecified atom stereocenters. The number of nitrogen functional groups attached to an aromatic ring is 1. The van der Waals surface area contributed by atoms with E-state index in [-0.39, 0.29) is 56.3 Å². The smallest absolute Gasteiger partial charge is 0.449 e. The molecule has 0 bridgehead atoms. The van der Waals surface area contributed by atoms with Crippen molar-refractivity contribution in [1.82, 2.24) is 45.7 Å². The molecule has 2 atom stereocenters. The number of rotatable bonds is 15. The van der Waals surface area contributed by atoms with Gasteiger partial charge in [0, 0.05) is 39.3 Å². The quantitative estimate of drug-likeness (QED) is 0.0128. The van der Waals surface area contributed by atoms with Gasteiger partial charge in [-0.25, -0.2) is 20.2 Å². The molecule has 71 heavy (non-hydrogen) atoms. The van der Waals surface area contributed by atoms with Crippen LogP contribution in [0.5, 0.6) is 11.5 Å². The summed E-state index contributed by atoms with van der Waals surface area (Å²) in [5.41, 5.74) is 13.1. The molecular weight excluding hydrogens is 1070 g/mol. The van der Waals surface area contributed by atoms with Gasteiger partial charge in [0.15, 0.2) is 22.3 Å². The predicted molar refractivity (Wildman–Crippen MR) is 261 cm³/mol. The van der Waals surface area contributed by atoms with Crippen LogP contribution in [0.4, 0.5) is 15.6 Å². The number of amides is 4. The number of anilines is 2. The monoisotopic (exact) mass is 1110 g/mol. The number of hydrogen-bond donors (Lipinski definition) is 7. The van der Waals surface area contributed by atoms with Crippen molar-refractivity contribution < 1.29 is 53.3 Å². The number of thiazole rings is 1. The van der Waals surface area contributed by atoms with E-state index in [1.54, 1.807) is 19.1 Å². The van der Waals surface area contributed by atoms with E-state index in [9.17, 15) is 29.1 Å². The number of aryl methyl sites for hydroxylation is 1. The van der Waals surface area contributed by atoms with Gasteiger partial charge < -0.3 is 35.2 Å². The average molecular weight is 1110 g/mol. The third-order valence-corrected chi connectivity index (χ3v) is 14.8. The number of halogens is 2. The highest BCUT2D eigenvalue weighted by Crippen LogP contribution is 2.56. The summed E-state index contributed by atoms with van der Waals surface area (Å²) in [6, 6.07) is 20.7. The van der Waals surface area contributed by atoms with Crippen molar-refractivity contribution in [2.45, 2.75) is 48.6 Å². The number of β-lactam (4-membered cyclic amide) rings is 1. The summed E-state index contributed by atoms with van der Waals surface area (Å²) >= 11 is 13.9. The lowest BCUT2D eigenvalue weighted by Crippen LogP contribution is -2.70. The first-order valence-electron chi connectivity index (χ1n) is 20.7. The Hall–Kier alpha value is -7.17. The fourth-order valence-corrected chi connectivity index (χ4v) is 11.0. The van der Waals surface area contributed by atoms with Gasteiger partial charge in [-0.3, -0.25) is 40.1 Å². The van der Waals surface area contributed by atoms with Crippen LogP contribution in [0, 0.1) is 6.92 Å². The Morgan fingerprint density at radius 2 is 1.75 bits per heavy atom. The number of ether oxygens (including phenoxy) is 3. The van der Waals surface area contributed by atoms with Gasteiger partial charge in [0.25, 0.3) is 23.5 Å². The lowest BCUT2D eigenvalue weighted by atomic mass is 9.97. The number of hydrazine groups is 1. The van der Waals surface area contributed by atoms with E-state index < -0.39 is 58.3 Å². The molecule has 6 aromatic rings. The largest absolute Gasteiger partial charge is 0.512 e. The number of hydroxylamine groups is 1. The van der Waals surface area contributed by atoms with Crippen molar-refractivity contribution in [3.63, 3.8) is 0 Å². The molecule has 6 heterocycles. The first-order chi connectivity index (χ1) is 34.0. The van der Waals surface area contributed by atoms with E-state index in [0.717, 1.165) is 16.2 Å². The highest BCUT2D eigenvalue weighted by Gasteiger charge is 2.54. The Morgan fingerprint density at radius 3 is 2.39 bits per heavy atom. The van der Waals surface area contributed by atoms with E-state index in [2.05, 4.69) is 57.3 Å². The van der Waals surface area contributed by atoms with Crippen LogP contribution >= 0.6 is 62.4 Å². The van der Waals surface area contributed by atoms with Crippen LogP contribution in [0.25, 0.3) is 5.78 Å². The summed E-state index contributed by atoms with van der Waals surface area (Å²) in [6.45, 7) is 4.47. The molecule has 3 aromatic heterocycles. The number of nitrogens with two attached hydrogens (primary N) is 1. The number of benzene rings is 3. The highest BCUT2D eigenvalue weighted by molar-refractivity contribution is 9.10. The second kappa shape index (κ2) is 19.6. The average Bonchev–Trinajstić information content (AvgIpc) is 4.11. The third-order valence-electron chi connectivity index (χ3n) is 10.7. The highest BCUT2D eigenvalue weighted by atomic mass is 79.9. The SMILES string of the molecule is Cc1cc(SCC2=C(OC(=O)O)N3C(=O)[C@@H](NC(=O)/C(=N\OC(C)(C)C(=O)NNc4cc(Br)c5c(c4Cl)OC(c4ccccc4)(c4ccccc4)O5)c4csc(N)n4)[C@H]3SC2)n2nc(C(=O)NO)nc2n1. The Labute approximate surface area is 426 Å². The third kappa shape index (κ3) is 9.45. The maximum Gasteiger partial charge on any atom is 0.512 e. The number of hydrogen-bond acceptors (Lipinski definition) is 20. The zero-order valence-electron chi connectivity index (χ0n) is 36.8.